The number of ether oxygens (including phenoxy) is 1. The summed E-state index contributed by atoms with van der Waals surface area (Å²) in [7, 11) is 0. The van der Waals surface area contributed by atoms with E-state index >= 15 is 0 Å². The molecule has 0 bridgehead atoms. The van der Waals surface area contributed by atoms with Crippen molar-refractivity contribution in [1.82, 2.24) is 0 Å². The van der Waals surface area contributed by atoms with Crippen molar-refractivity contribution in [2.75, 3.05) is 26.2 Å². The molecular formula is C19H28NO+. The lowest BCUT2D eigenvalue weighted by Crippen LogP contribution is -3.12. The van der Waals surface area contributed by atoms with Crippen molar-refractivity contribution in [2.24, 2.45) is 0 Å². The topological polar surface area (TPSA) is 13.7 Å². The van der Waals surface area contributed by atoms with Crippen LogP contribution in [-0.4, -0.2) is 26.2 Å². The second kappa shape index (κ2) is 9.19. The Morgan fingerprint density at radius 3 is 2.29 bits per heavy atom. The van der Waals surface area contributed by atoms with Gasteiger partial charge in [-0.2, -0.15) is 0 Å². The molecule has 0 aliphatic carbocycles. The van der Waals surface area contributed by atoms with E-state index in [4.69, 9.17) is 4.74 Å². The van der Waals surface area contributed by atoms with Gasteiger partial charge in [0.05, 0.1) is 13.1 Å². The highest BCUT2D eigenvalue weighted by atomic mass is 16.5. The lowest BCUT2D eigenvalue weighted by molar-refractivity contribution is -0.888. The Labute approximate surface area is 129 Å². The summed E-state index contributed by atoms with van der Waals surface area (Å²) in [4.78, 5) is 1.41. The quantitative estimate of drug-likeness (QED) is 0.653. The van der Waals surface area contributed by atoms with E-state index in [1.54, 1.807) is 0 Å². The van der Waals surface area contributed by atoms with Crippen LogP contribution in [-0.2, 0) is 6.42 Å². The first kappa shape index (κ1) is 17.3. The van der Waals surface area contributed by atoms with E-state index in [-0.39, 0.29) is 0 Å². The van der Waals surface area contributed by atoms with Crippen LogP contribution < -0.4 is 9.64 Å². The lowest BCUT2D eigenvalue weighted by atomic mass is 10.0. The Balaban J connectivity index is 2.71. The first-order valence-corrected chi connectivity index (χ1v) is 7.51. The van der Waals surface area contributed by atoms with Crippen LogP contribution in [0, 0.1) is 13.8 Å². The van der Waals surface area contributed by atoms with Gasteiger partial charge in [-0.3, -0.25) is 0 Å². The van der Waals surface area contributed by atoms with E-state index in [9.17, 15) is 0 Å². The van der Waals surface area contributed by atoms with Crippen molar-refractivity contribution >= 4 is 0 Å². The van der Waals surface area contributed by atoms with Crippen LogP contribution in [0.4, 0.5) is 0 Å². The number of aryl methyl sites for hydroxylation is 2. The van der Waals surface area contributed by atoms with E-state index in [1.807, 2.05) is 18.2 Å². The smallest absolute Gasteiger partial charge is 0.137 e. The molecule has 1 rings (SSSR count). The van der Waals surface area contributed by atoms with Gasteiger partial charge < -0.3 is 9.64 Å². The highest BCUT2D eigenvalue weighted by Crippen LogP contribution is 2.26. The molecule has 0 fully saturated rings. The van der Waals surface area contributed by atoms with Crippen LogP contribution >= 0.6 is 0 Å². The second-order valence-corrected chi connectivity index (χ2v) is 5.40. The molecule has 0 aromatic heterocycles. The zero-order chi connectivity index (χ0) is 15.7. The highest BCUT2D eigenvalue weighted by molar-refractivity contribution is 5.44. The Morgan fingerprint density at radius 1 is 1.05 bits per heavy atom. The molecule has 2 nitrogen and oxygen atoms in total. The fourth-order valence-corrected chi connectivity index (χ4v) is 2.55. The molecule has 0 aliphatic heterocycles. The van der Waals surface area contributed by atoms with Gasteiger partial charge in [0.15, 0.2) is 0 Å². The van der Waals surface area contributed by atoms with Crippen molar-refractivity contribution in [3.63, 3.8) is 0 Å². The van der Waals surface area contributed by atoms with Crippen molar-refractivity contribution < 1.29 is 9.64 Å². The van der Waals surface area contributed by atoms with Gasteiger partial charge in [-0.1, -0.05) is 36.9 Å². The van der Waals surface area contributed by atoms with Crippen molar-refractivity contribution in [3.05, 3.63) is 66.8 Å². The second-order valence-electron chi connectivity index (χ2n) is 5.40. The molecular weight excluding hydrogens is 258 g/mol. The molecule has 0 saturated heterocycles. The number of hydrogen-bond acceptors (Lipinski definition) is 1. The minimum atomic E-state index is 0.699. The number of rotatable bonds is 10. The van der Waals surface area contributed by atoms with Gasteiger partial charge in [-0.25, -0.2) is 0 Å². The molecule has 114 valence electrons. The minimum Gasteiger partial charge on any atom is -0.487 e. The van der Waals surface area contributed by atoms with E-state index < -0.39 is 0 Å². The predicted octanol–water partition coefficient (Wildman–Crippen LogP) is 2.67. The molecule has 0 unspecified atom stereocenters. The Hall–Kier alpha value is -1.80. The summed E-state index contributed by atoms with van der Waals surface area (Å²) < 4.78 is 6.06. The standard InChI is InChI=1S/C19H27NO/c1-6-9-18-15-16(4)14-17(5)19(18)21-13-12-20(10-7-2)11-8-3/h6-8,14-15H,1-3,9-13H2,4-5H3/p+1. The van der Waals surface area contributed by atoms with Gasteiger partial charge in [0.1, 0.15) is 18.9 Å². The fraction of sp³-hybridized carbons (Fsp3) is 0.368. The minimum absolute atomic E-state index is 0.699. The van der Waals surface area contributed by atoms with Crippen LogP contribution in [0.5, 0.6) is 5.75 Å². The van der Waals surface area contributed by atoms with Crippen molar-refractivity contribution in [3.8, 4) is 5.75 Å². The molecule has 21 heavy (non-hydrogen) atoms. The van der Waals surface area contributed by atoms with E-state index in [0.29, 0.717) is 6.61 Å². The molecule has 1 N–H and O–H groups in total. The molecule has 0 aliphatic rings. The summed E-state index contributed by atoms with van der Waals surface area (Å²) in [5.41, 5.74) is 3.68. The highest BCUT2D eigenvalue weighted by Gasteiger charge is 2.10. The largest absolute Gasteiger partial charge is 0.487 e. The Morgan fingerprint density at radius 2 is 1.71 bits per heavy atom. The SMILES string of the molecule is C=CCc1cc(C)cc(C)c1OCC[NH+](CC=C)CC=C. The monoisotopic (exact) mass is 286 g/mol. The van der Waals surface area contributed by atoms with Crippen LogP contribution in [0.2, 0.25) is 0 Å². The van der Waals surface area contributed by atoms with Crippen molar-refractivity contribution in [2.45, 2.75) is 20.3 Å². The molecule has 0 radical (unpaired) electrons. The van der Waals surface area contributed by atoms with E-state index in [1.165, 1.54) is 21.6 Å². The number of benzene rings is 1. The van der Waals surface area contributed by atoms with Crippen LogP contribution in [0.25, 0.3) is 0 Å². The molecule has 1 aromatic carbocycles. The van der Waals surface area contributed by atoms with Gasteiger partial charge in [0.2, 0.25) is 0 Å². The fourth-order valence-electron chi connectivity index (χ4n) is 2.55. The maximum Gasteiger partial charge on any atom is 0.137 e. The Kier molecular flexibility index (Phi) is 7.55. The average Bonchev–Trinajstić information content (AvgIpc) is 2.42. The average molecular weight is 286 g/mol. The summed E-state index contributed by atoms with van der Waals surface area (Å²) in [6, 6.07) is 4.35. The molecule has 0 atom stereocenters. The summed E-state index contributed by atoms with van der Waals surface area (Å²) >= 11 is 0. The van der Waals surface area contributed by atoms with Crippen LogP contribution in [0.3, 0.4) is 0 Å². The summed E-state index contributed by atoms with van der Waals surface area (Å²) in [5, 5.41) is 0. The summed E-state index contributed by atoms with van der Waals surface area (Å²) in [6.45, 7) is 19.2. The number of allylic oxidation sites excluding steroid dienone is 1. The maximum absolute atomic E-state index is 6.06. The van der Waals surface area contributed by atoms with Gasteiger partial charge >= 0.3 is 0 Å². The molecule has 0 saturated carbocycles. The van der Waals surface area contributed by atoms with Gasteiger partial charge in [0.25, 0.3) is 0 Å². The van der Waals surface area contributed by atoms with Gasteiger partial charge in [-0.15, -0.1) is 6.58 Å². The first-order chi connectivity index (χ1) is 10.1. The number of hydrogen-bond donors (Lipinski definition) is 1. The van der Waals surface area contributed by atoms with E-state index in [0.717, 1.165) is 31.8 Å². The van der Waals surface area contributed by atoms with Crippen LogP contribution in [0.15, 0.2) is 50.1 Å². The summed E-state index contributed by atoms with van der Waals surface area (Å²) in [6.07, 6.45) is 6.65. The normalized spacial score (nSPS) is 10.4. The maximum atomic E-state index is 6.06. The molecule has 2 heteroatoms. The first-order valence-electron chi connectivity index (χ1n) is 7.51. The van der Waals surface area contributed by atoms with Crippen molar-refractivity contribution in [1.29, 1.82) is 0 Å². The molecule has 0 heterocycles. The number of nitrogens with one attached hydrogen (secondary N) is 1. The molecule has 0 amide bonds. The Bertz CT molecular complexity index is 481. The summed E-state index contributed by atoms with van der Waals surface area (Å²) in [5.74, 6) is 1.01. The lowest BCUT2D eigenvalue weighted by Gasteiger charge is -2.18. The third kappa shape index (κ3) is 5.60. The zero-order valence-corrected chi connectivity index (χ0v) is 13.5. The third-order valence-corrected chi connectivity index (χ3v) is 3.43. The van der Waals surface area contributed by atoms with Crippen LogP contribution in [0.1, 0.15) is 16.7 Å². The zero-order valence-electron chi connectivity index (χ0n) is 13.5. The van der Waals surface area contributed by atoms with Gasteiger partial charge in [-0.05, 0) is 43.5 Å². The molecule has 0 spiro atoms. The van der Waals surface area contributed by atoms with Gasteiger partial charge in [0, 0.05) is 0 Å². The van der Waals surface area contributed by atoms with E-state index in [2.05, 4.69) is 45.7 Å². The predicted molar refractivity (Wildman–Crippen MR) is 91.3 cm³/mol. The molecule has 1 aromatic rings. The number of quaternary nitrogens is 1. The third-order valence-electron chi connectivity index (χ3n) is 3.43.